The van der Waals surface area contributed by atoms with Gasteiger partial charge in [-0.1, -0.05) is 6.92 Å². The van der Waals surface area contributed by atoms with E-state index in [0.717, 1.165) is 6.07 Å². The summed E-state index contributed by atoms with van der Waals surface area (Å²) < 4.78 is 0. The summed E-state index contributed by atoms with van der Waals surface area (Å²) in [6, 6.07) is 2.40. The van der Waals surface area contributed by atoms with E-state index in [9.17, 15) is 9.59 Å². The first-order valence-corrected chi connectivity index (χ1v) is 4.36. The van der Waals surface area contributed by atoms with Crippen molar-refractivity contribution in [2.75, 3.05) is 5.73 Å². The zero-order chi connectivity index (χ0) is 11.6. The van der Waals surface area contributed by atoms with Crippen molar-refractivity contribution in [3.8, 4) is 0 Å². The van der Waals surface area contributed by atoms with E-state index in [-0.39, 0.29) is 16.8 Å². The van der Waals surface area contributed by atoms with Crippen molar-refractivity contribution < 1.29 is 19.8 Å². The zero-order valence-corrected chi connectivity index (χ0v) is 8.15. The summed E-state index contributed by atoms with van der Waals surface area (Å²) in [6.07, 6.45) is 0.452. The molecule has 5 nitrogen and oxygen atoms in total. The molecule has 0 saturated heterocycles. The third kappa shape index (κ3) is 2.07. The minimum atomic E-state index is -1.19. The molecule has 0 fully saturated rings. The highest BCUT2D eigenvalue weighted by Crippen LogP contribution is 2.20. The van der Waals surface area contributed by atoms with Crippen LogP contribution in [0.15, 0.2) is 12.1 Å². The summed E-state index contributed by atoms with van der Waals surface area (Å²) in [5.74, 6) is -2.35. The Balaban J connectivity index is 3.45. The molecule has 1 aromatic rings. The lowest BCUT2D eigenvalue weighted by Crippen LogP contribution is -2.09. The summed E-state index contributed by atoms with van der Waals surface area (Å²) in [4.78, 5) is 21.5. The second-order valence-electron chi connectivity index (χ2n) is 3.06. The van der Waals surface area contributed by atoms with Gasteiger partial charge in [0.25, 0.3) is 0 Å². The number of nitrogens with two attached hydrogens (primary N) is 1. The van der Waals surface area contributed by atoms with Crippen molar-refractivity contribution in [3.05, 3.63) is 28.8 Å². The van der Waals surface area contributed by atoms with Gasteiger partial charge in [0.05, 0.1) is 11.1 Å². The van der Waals surface area contributed by atoms with Gasteiger partial charge in [-0.3, -0.25) is 0 Å². The van der Waals surface area contributed by atoms with Crippen LogP contribution in [0, 0.1) is 0 Å². The quantitative estimate of drug-likeness (QED) is 0.650. The van der Waals surface area contributed by atoms with Crippen LogP contribution in [0.1, 0.15) is 33.2 Å². The molecule has 0 spiro atoms. The van der Waals surface area contributed by atoms with E-state index in [1.165, 1.54) is 6.07 Å². The molecule has 80 valence electrons. The Morgan fingerprint density at radius 1 is 1.27 bits per heavy atom. The molecule has 0 amide bonds. The van der Waals surface area contributed by atoms with E-state index in [1.807, 2.05) is 0 Å². The number of carboxylic acids is 2. The van der Waals surface area contributed by atoms with Crippen molar-refractivity contribution in [2.24, 2.45) is 0 Å². The summed E-state index contributed by atoms with van der Waals surface area (Å²) >= 11 is 0. The van der Waals surface area contributed by atoms with Crippen LogP contribution >= 0.6 is 0 Å². The van der Waals surface area contributed by atoms with Gasteiger partial charge in [-0.15, -0.1) is 0 Å². The minimum Gasteiger partial charge on any atom is -0.478 e. The van der Waals surface area contributed by atoms with Crippen LogP contribution in [0.5, 0.6) is 0 Å². The van der Waals surface area contributed by atoms with Crippen molar-refractivity contribution in [3.63, 3.8) is 0 Å². The largest absolute Gasteiger partial charge is 0.478 e. The molecule has 0 aromatic heterocycles. The van der Waals surface area contributed by atoms with E-state index < -0.39 is 11.9 Å². The molecule has 1 rings (SSSR count). The predicted molar refractivity (Wildman–Crippen MR) is 54.2 cm³/mol. The summed E-state index contributed by atoms with van der Waals surface area (Å²) in [7, 11) is 0. The summed E-state index contributed by atoms with van der Waals surface area (Å²) in [5, 5.41) is 17.6. The zero-order valence-electron chi connectivity index (χ0n) is 8.15. The Hall–Kier alpha value is -2.04. The van der Waals surface area contributed by atoms with E-state index in [2.05, 4.69) is 0 Å². The molecular formula is C10H11NO4. The number of nitrogen functional groups attached to an aromatic ring is 1. The van der Waals surface area contributed by atoms with Gasteiger partial charge in [-0.25, -0.2) is 9.59 Å². The molecule has 0 bridgehead atoms. The minimum absolute atomic E-state index is 0.0464. The number of hydrogen-bond donors (Lipinski definition) is 3. The first-order chi connectivity index (χ1) is 6.97. The molecule has 0 saturated carbocycles. The summed E-state index contributed by atoms with van der Waals surface area (Å²) in [6.45, 7) is 1.76. The molecule has 1 aromatic carbocycles. The van der Waals surface area contributed by atoms with Gasteiger partial charge in [-0.05, 0) is 24.1 Å². The average Bonchev–Trinajstić information content (AvgIpc) is 2.16. The highest BCUT2D eigenvalue weighted by Gasteiger charge is 2.15. The molecule has 4 N–H and O–H groups in total. The number of benzene rings is 1. The molecule has 0 radical (unpaired) electrons. The van der Waals surface area contributed by atoms with E-state index in [4.69, 9.17) is 15.9 Å². The molecule has 0 aliphatic rings. The second-order valence-corrected chi connectivity index (χ2v) is 3.06. The maximum absolute atomic E-state index is 10.9. The molecule has 0 unspecified atom stereocenters. The lowest BCUT2D eigenvalue weighted by Gasteiger charge is -2.08. The number of rotatable bonds is 3. The van der Waals surface area contributed by atoms with Crippen LogP contribution in [0.2, 0.25) is 0 Å². The summed E-state index contributed by atoms with van der Waals surface area (Å²) in [5.41, 5.74) is 6.09. The van der Waals surface area contributed by atoms with Gasteiger partial charge in [0, 0.05) is 5.69 Å². The third-order valence-electron chi connectivity index (χ3n) is 2.12. The van der Waals surface area contributed by atoms with E-state index >= 15 is 0 Å². The highest BCUT2D eigenvalue weighted by molar-refractivity contribution is 5.97. The van der Waals surface area contributed by atoms with Crippen LogP contribution in [0.25, 0.3) is 0 Å². The number of aromatic carboxylic acids is 2. The highest BCUT2D eigenvalue weighted by atomic mass is 16.4. The smallest absolute Gasteiger partial charge is 0.336 e. The monoisotopic (exact) mass is 209 g/mol. The number of carbonyl (C=O) groups is 2. The predicted octanol–water partition coefficient (Wildman–Crippen LogP) is 1.23. The maximum Gasteiger partial charge on any atom is 0.336 e. The van der Waals surface area contributed by atoms with Gasteiger partial charge in [0.1, 0.15) is 0 Å². The van der Waals surface area contributed by atoms with E-state index in [0.29, 0.717) is 12.0 Å². The van der Waals surface area contributed by atoms with E-state index in [1.54, 1.807) is 6.92 Å². The van der Waals surface area contributed by atoms with Crippen molar-refractivity contribution in [1.82, 2.24) is 0 Å². The van der Waals surface area contributed by atoms with Gasteiger partial charge in [0.2, 0.25) is 0 Å². The van der Waals surface area contributed by atoms with Crippen LogP contribution < -0.4 is 5.73 Å². The van der Waals surface area contributed by atoms with Crippen LogP contribution in [-0.2, 0) is 6.42 Å². The van der Waals surface area contributed by atoms with Crippen molar-refractivity contribution in [2.45, 2.75) is 13.3 Å². The standard InChI is InChI=1S/C10H11NO4/c1-2-6-7(10(14)15)3-5(9(12)13)4-8(6)11/h3-4H,2,11H2,1H3,(H,12,13)(H,14,15). The third-order valence-corrected chi connectivity index (χ3v) is 2.12. The van der Waals surface area contributed by atoms with Crippen LogP contribution in [-0.4, -0.2) is 22.2 Å². The average molecular weight is 209 g/mol. The fourth-order valence-electron chi connectivity index (χ4n) is 1.40. The first kappa shape index (κ1) is 11.0. The van der Waals surface area contributed by atoms with Crippen LogP contribution in [0.4, 0.5) is 5.69 Å². The Morgan fingerprint density at radius 2 is 1.87 bits per heavy atom. The van der Waals surface area contributed by atoms with Crippen molar-refractivity contribution >= 4 is 17.6 Å². The number of hydrogen-bond acceptors (Lipinski definition) is 3. The Morgan fingerprint density at radius 3 is 2.27 bits per heavy atom. The van der Waals surface area contributed by atoms with Crippen molar-refractivity contribution in [1.29, 1.82) is 0 Å². The molecule has 0 aliphatic carbocycles. The Kier molecular flexibility index (Phi) is 2.94. The SMILES string of the molecule is CCc1c(N)cc(C(=O)O)cc1C(=O)O. The van der Waals surface area contributed by atoms with Crippen LogP contribution in [0.3, 0.4) is 0 Å². The Labute approximate surface area is 86.1 Å². The molecule has 0 aliphatic heterocycles. The fourth-order valence-corrected chi connectivity index (χ4v) is 1.40. The molecular weight excluding hydrogens is 198 g/mol. The molecule has 0 heterocycles. The van der Waals surface area contributed by atoms with Gasteiger partial charge >= 0.3 is 11.9 Å². The normalized spacial score (nSPS) is 9.93. The molecule has 0 atom stereocenters. The number of carboxylic acid groups (broad SMARTS) is 2. The van der Waals surface area contributed by atoms with Gasteiger partial charge in [0.15, 0.2) is 0 Å². The lowest BCUT2D eigenvalue weighted by molar-refractivity contribution is 0.0695. The van der Waals surface area contributed by atoms with Gasteiger partial charge < -0.3 is 15.9 Å². The fraction of sp³-hybridized carbons (Fsp3) is 0.200. The Bertz CT molecular complexity index is 426. The first-order valence-electron chi connectivity index (χ1n) is 4.36. The second kappa shape index (κ2) is 4.00. The number of anilines is 1. The molecule has 5 heteroatoms. The molecule has 15 heavy (non-hydrogen) atoms. The topological polar surface area (TPSA) is 101 Å². The van der Waals surface area contributed by atoms with Gasteiger partial charge in [-0.2, -0.15) is 0 Å². The lowest BCUT2D eigenvalue weighted by atomic mass is 10.00. The maximum atomic E-state index is 10.9.